The zero-order valence-electron chi connectivity index (χ0n) is 31.7. The van der Waals surface area contributed by atoms with E-state index in [0.29, 0.717) is 15.7 Å². The molecule has 0 bridgehead atoms. The van der Waals surface area contributed by atoms with Crippen molar-refractivity contribution in [1.82, 2.24) is 9.97 Å². The maximum absolute atomic E-state index is 8.82. The van der Waals surface area contributed by atoms with Crippen molar-refractivity contribution in [1.29, 1.82) is 5.26 Å². The summed E-state index contributed by atoms with van der Waals surface area (Å²) in [4.78, 5) is 8.62. The lowest BCUT2D eigenvalue weighted by molar-refractivity contribution is 0.198. The highest BCUT2D eigenvalue weighted by molar-refractivity contribution is 6.31. The van der Waals surface area contributed by atoms with Gasteiger partial charge in [-0.25, -0.2) is 4.98 Å². The highest BCUT2D eigenvalue weighted by Gasteiger charge is 2.16. The Bertz CT molecular complexity index is 2180. The van der Waals surface area contributed by atoms with Crippen LogP contribution in [-0.2, 0) is 23.1 Å². The van der Waals surface area contributed by atoms with Crippen LogP contribution < -0.4 is 15.2 Å². The SMILES string of the molecule is C.C1CCOC1.COc1ccc(Cc2ccc(C#N)nc2)cc1-c1cccc(Cl)c1.COc1ccc(Cc2ccc(C(C)(C)N)nc2)cc1-c1cccc(Cl)c1. The number of nitriles is 1. The molecule has 3 heterocycles. The molecule has 0 unspecified atom stereocenters. The molecule has 1 aliphatic heterocycles. The van der Waals surface area contributed by atoms with Gasteiger partial charge in [0.2, 0.25) is 0 Å². The van der Waals surface area contributed by atoms with E-state index in [1.807, 2.05) is 105 Å². The van der Waals surface area contributed by atoms with Gasteiger partial charge in [-0.15, -0.1) is 0 Å². The Hall–Kier alpha value is -5.23. The number of methoxy groups -OCH3 is 2. The molecule has 0 aliphatic carbocycles. The minimum absolute atomic E-state index is 0. The molecule has 0 atom stereocenters. The minimum Gasteiger partial charge on any atom is -0.496 e. The largest absolute Gasteiger partial charge is 0.496 e. The average molecular weight is 790 g/mol. The van der Waals surface area contributed by atoms with Crippen molar-refractivity contribution in [3.63, 3.8) is 0 Å². The Kier molecular flexibility index (Phi) is 16.4. The molecule has 6 aromatic rings. The van der Waals surface area contributed by atoms with Crippen molar-refractivity contribution in [2.24, 2.45) is 5.73 Å². The van der Waals surface area contributed by atoms with Gasteiger partial charge in [-0.05, 0) is 134 Å². The summed E-state index contributed by atoms with van der Waals surface area (Å²) in [5, 5.41) is 10.2. The van der Waals surface area contributed by atoms with Gasteiger partial charge in [0, 0.05) is 46.8 Å². The number of halogens is 2. The topological polar surface area (TPSA) is 103 Å². The number of pyridine rings is 2. The lowest BCUT2D eigenvalue weighted by Crippen LogP contribution is -2.29. The van der Waals surface area contributed by atoms with Crippen molar-refractivity contribution in [2.75, 3.05) is 27.4 Å². The molecule has 7 nitrogen and oxygen atoms in total. The maximum Gasteiger partial charge on any atom is 0.140 e. The zero-order chi connectivity index (χ0) is 39.2. The molecule has 7 rings (SSSR count). The number of rotatable bonds is 9. The summed E-state index contributed by atoms with van der Waals surface area (Å²) in [6.45, 7) is 5.91. The van der Waals surface area contributed by atoms with Crippen LogP contribution in [0.1, 0.15) is 67.8 Å². The monoisotopic (exact) mass is 788 g/mol. The van der Waals surface area contributed by atoms with Crippen LogP contribution in [0.4, 0.5) is 0 Å². The van der Waals surface area contributed by atoms with Gasteiger partial charge < -0.3 is 19.9 Å². The lowest BCUT2D eigenvalue weighted by atomic mass is 9.97. The first-order chi connectivity index (χ1) is 26.6. The van der Waals surface area contributed by atoms with Crippen LogP contribution in [0.2, 0.25) is 10.0 Å². The maximum atomic E-state index is 8.82. The van der Waals surface area contributed by atoms with Gasteiger partial charge in [0.05, 0.1) is 25.5 Å². The number of aromatic nitrogens is 2. The summed E-state index contributed by atoms with van der Waals surface area (Å²) < 4.78 is 16.0. The first kappa shape index (κ1) is 43.5. The summed E-state index contributed by atoms with van der Waals surface area (Å²) in [5.41, 5.74) is 15.6. The lowest BCUT2D eigenvalue weighted by Gasteiger charge is -2.18. The molecule has 4 aromatic carbocycles. The number of benzene rings is 4. The number of hydrogen-bond acceptors (Lipinski definition) is 7. The van der Waals surface area contributed by atoms with Crippen molar-refractivity contribution in [2.45, 2.75) is 52.5 Å². The quantitative estimate of drug-likeness (QED) is 0.156. The third-order valence-corrected chi connectivity index (χ3v) is 9.34. The molecule has 0 spiro atoms. The summed E-state index contributed by atoms with van der Waals surface area (Å²) in [6.07, 6.45) is 7.71. The van der Waals surface area contributed by atoms with Gasteiger partial charge in [0.15, 0.2) is 0 Å². The van der Waals surface area contributed by atoms with Crippen molar-refractivity contribution < 1.29 is 14.2 Å². The van der Waals surface area contributed by atoms with E-state index in [0.717, 1.165) is 82.2 Å². The molecule has 0 saturated carbocycles. The van der Waals surface area contributed by atoms with Gasteiger partial charge in [-0.1, -0.05) is 79.2 Å². The molecule has 2 aromatic heterocycles. The first-order valence-electron chi connectivity index (χ1n) is 18.1. The average Bonchev–Trinajstić information content (AvgIpc) is 3.79. The van der Waals surface area contributed by atoms with Crippen LogP contribution in [0.5, 0.6) is 11.5 Å². The molecule has 9 heteroatoms. The van der Waals surface area contributed by atoms with Crippen LogP contribution in [0, 0.1) is 11.3 Å². The molecule has 0 amide bonds. The van der Waals surface area contributed by atoms with E-state index in [-0.39, 0.29) is 7.43 Å². The highest BCUT2D eigenvalue weighted by Crippen LogP contribution is 2.34. The number of nitrogens with zero attached hydrogens (tertiary/aromatic N) is 3. The number of ether oxygens (including phenoxy) is 3. The normalized spacial score (nSPS) is 11.8. The van der Waals surface area contributed by atoms with E-state index in [1.54, 1.807) is 26.5 Å². The number of hydrogen-bond donors (Lipinski definition) is 1. The van der Waals surface area contributed by atoms with E-state index >= 15 is 0 Å². The van der Waals surface area contributed by atoms with E-state index in [1.165, 1.54) is 18.4 Å². The van der Waals surface area contributed by atoms with Crippen molar-refractivity contribution >= 4 is 23.2 Å². The smallest absolute Gasteiger partial charge is 0.140 e. The molecular formula is C47H50Cl2N4O3. The predicted molar refractivity (Wildman–Crippen MR) is 230 cm³/mol. The van der Waals surface area contributed by atoms with Crippen LogP contribution in [0.15, 0.2) is 122 Å². The van der Waals surface area contributed by atoms with Gasteiger partial charge in [0.1, 0.15) is 23.3 Å². The molecular weight excluding hydrogens is 739 g/mol. The Balaban J connectivity index is 0.000000218. The van der Waals surface area contributed by atoms with E-state index in [4.69, 9.17) is 48.4 Å². The summed E-state index contributed by atoms with van der Waals surface area (Å²) in [6, 6.07) is 37.6. The molecule has 1 saturated heterocycles. The Morgan fingerprint density at radius 1 is 0.679 bits per heavy atom. The first-order valence-corrected chi connectivity index (χ1v) is 18.8. The number of nitrogens with two attached hydrogens (primary N) is 1. The van der Waals surface area contributed by atoms with E-state index in [9.17, 15) is 0 Å². The van der Waals surface area contributed by atoms with Crippen LogP contribution in [-0.4, -0.2) is 37.4 Å². The third-order valence-electron chi connectivity index (χ3n) is 8.87. The van der Waals surface area contributed by atoms with Crippen LogP contribution in [0.3, 0.4) is 0 Å². The molecule has 56 heavy (non-hydrogen) atoms. The van der Waals surface area contributed by atoms with Crippen LogP contribution in [0.25, 0.3) is 22.3 Å². The second kappa shape index (κ2) is 21.2. The van der Waals surface area contributed by atoms with Crippen LogP contribution >= 0.6 is 23.2 Å². The van der Waals surface area contributed by atoms with E-state index in [2.05, 4.69) is 34.2 Å². The minimum atomic E-state index is -0.432. The molecule has 1 aliphatic rings. The Labute approximate surface area is 342 Å². The van der Waals surface area contributed by atoms with Gasteiger partial charge in [0.25, 0.3) is 0 Å². The standard InChI is InChI=1S/C22H23ClN2O.C20H15ClN2O.C4H8O.CH4/c1-22(2,24)21-10-8-16(14-25-21)11-15-7-9-20(26-3)19(12-15)17-5-4-6-18(23)13-17;1-24-20-8-6-14(9-15-5-7-18(12-22)23-13-15)10-19(20)16-3-2-4-17(21)11-16;1-2-4-5-3-1;/h4-10,12-14H,11,24H2,1-3H3;2-8,10-11,13H,9H2,1H3;1-4H2;1H4. The summed E-state index contributed by atoms with van der Waals surface area (Å²) >= 11 is 12.3. The fraction of sp³-hybridized carbons (Fsp3) is 0.255. The molecule has 2 N–H and O–H groups in total. The fourth-order valence-corrected chi connectivity index (χ4v) is 6.36. The predicted octanol–water partition coefficient (Wildman–Crippen LogP) is 11.5. The van der Waals surface area contributed by atoms with Gasteiger partial charge in [-0.2, -0.15) is 5.26 Å². The van der Waals surface area contributed by atoms with E-state index < -0.39 is 5.54 Å². The fourth-order valence-electron chi connectivity index (χ4n) is 5.98. The van der Waals surface area contributed by atoms with Gasteiger partial charge >= 0.3 is 0 Å². The molecule has 290 valence electrons. The van der Waals surface area contributed by atoms with Crippen molar-refractivity contribution in [3.8, 4) is 39.8 Å². The molecule has 1 fully saturated rings. The third kappa shape index (κ3) is 12.7. The Morgan fingerprint density at radius 3 is 1.52 bits per heavy atom. The Morgan fingerprint density at radius 2 is 1.16 bits per heavy atom. The summed E-state index contributed by atoms with van der Waals surface area (Å²) in [7, 11) is 3.34. The van der Waals surface area contributed by atoms with Gasteiger partial charge in [-0.3, -0.25) is 4.98 Å². The second-order valence-electron chi connectivity index (χ2n) is 13.7. The zero-order valence-corrected chi connectivity index (χ0v) is 33.2. The van der Waals surface area contributed by atoms with Crippen molar-refractivity contribution in [3.05, 3.63) is 165 Å². The molecule has 0 radical (unpaired) electrons. The highest BCUT2D eigenvalue weighted by atomic mass is 35.5. The summed E-state index contributed by atoms with van der Waals surface area (Å²) in [5.74, 6) is 1.63. The second-order valence-corrected chi connectivity index (χ2v) is 14.6.